The van der Waals surface area contributed by atoms with E-state index < -0.39 is 12.1 Å². The van der Waals surface area contributed by atoms with Crippen LogP contribution >= 0.6 is 0 Å². The van der Waals surface area contributed by atoms with Crippen molar-refractivity contribution in [3.63, 3.8) is 0 Å². The monoisotopic (exact) mass is 558 g/mol. The summed E-state index contributed by atoms with van der Waals surface area (Å²) < 4.78 is 17.3. The number of amidine groups is 1. The Hall–Kier alpha value is -5.26. The van der Waals surface area contributed by atoms with Crippen molar-refractivity contribution in [2.24, 2.45) is 17.8 Å². The van der Waals surface area contributed by atoms with Crippen molar-refractivity contribution >= 4 is 40.7 Å². The van der Waals surface area contributed by atoms with Crippen molar-refractivity contribution in [1.82, 2.24) is 14.5 Å². The molecule has 0 saturated heterocycles. The molecule has 0 aliphatic carbocycles. The van der Waals surface area contributed by atoms with Crippen LogP contribution in [0.3, 0.4) is 0 Å². The Morgan fingerprint density at radius 2 is 1.80 bits per heavy atom. The van der Waals surface area contributed by atoms with Crippen LogP contribution < -0.4 is 15.4 Å². The summed E-state index contributed by atoms with van der Waals surface area (Å²) >= 11 is 0. The van der Waals surface area contributed by atoms with Crippen molar-refractivity contribution < 1.29 is 28.6 Å². The maximum absolute atomic E-state index is 13.5. The first-order valence-corrected chi connectivity index (χ1v) is 12.8. The second-order valence-corrected chi connectivity index (χ2v) is 8.77. The third-order valence-electron chi connectivity index (χ3n) is 6.14. The first-order valence-electron chi connectivity index (χ1n) is 12.8. The van der Waals surface area contributed by atoms with Crippen LogP contribution in [-0.4, -0.2) is 58.6 Å². The number of anilines is 1. The van der Waals surface area contributed by atoms with Gasteiger partial charge in [-0.05, 0) is 61.5 Å². The van der Waals surface area contributed by atoms with E-state index in [1.165, 1.54) is 12.0 Å². The van der Waals surface area contributed by atoms with Crippen molar-refractivity contribution in [3.8, 4) is 5.75 Å². The van der Waals surface area contributed by atoms with Gasteiger partial charge in [0.1, 0.15) is 29.8 Å². The molecule has 12 nitrogen and oxygen atoms in total. The molecule has 212 valence electrons. The SMILES string of the molecule is CCOC(=O)CCN(C(=O)c1ccc2c(c1)nc(COc1ccc(/C(N)=N\C(=O)OC)cc1)n2C)c1ccccn1. The van der Waals surface area contributed by atoms with Gasteiger partial charge in [0.2, 0.25) is 0 Å². The molecule has 41 heavy (non-hydrogen) atoms. The fourth-order valence-electron chi connectivity index (χ4n) is 4.02. The summed E-state index contributed by atoms with van der Waals surface area (Å²) in [5.41, 5.74) is 8.20. The Morgan fingerprint density at radius 1 is 1.05 bits per heavy atom. The number of fused-ring (bicyclic) bond motifs is 1. The van der Waals surface area contributed by atoms with Gasteiger partial charge in [0.25, 0.3) is 5.91 Å². The van der Waals surface area contributed by atoms with Gasteiger partial charge in [-0.15, -0.1) is 0 Å². The lowest BCUT2D eigenvalue weighted by Gasteiger charge is -2.21. The van der Waals surface area contributed by atoms with E-state index in [1.54, 1.807) is 67.7 Å². The molecule has 2 aromatic carbocycles. The molecular weight excluding hydrogens is 528 g/mol. The number of carbonyl (C=O) groups is 3. The molecule has 2 aromatic heterocycles. The number of imidazole rings is 1. The Kier molecular flexibility index (Phi) is 9.25. The zero-order valence-corrected chi connectivity index (χ0v) is 22.9. The summed E-state index contributed by atoms with van der Waals surface area (Å²) in [6.45, 7) is 2.29. The molecule has 0 atom stereocenters. The quantitative estimate of drug-likeness (QED) is 0.175. The highest BCUT2D eigenvalue weighted by molar-refractivity contribution is 6.07. The number of amides is 2. The Bertz CT molecular complexity index is 1570. The summed E-state index contributed by atoms with van der Waals surface area (Å²) in [6, 6.07) is 17.3. The van der Waals surface area contributed by atoms with E-state index >= 15 is 0 Å². The van der Waals surface area contributed by atoms with E-state index in [-0.39, 0.29) is 37.9 Å². The summed E-state index contributed by atoms with van der Waals surface area (Å²) in [5.74, 6) is 0.972. The molecule has 0 saturated carbocycles. The van der Waals surface area contributed by atoms with Gasteiger partial charge in [-0.1, -0.05) is 6.07 Å². The molecule has 0 spiro atoms. The largest absolute Gasteiger partial charge is 0.486 e. The van der Waals surface area contributed by atoms with Crippen LogP contribution in [0.25, 0.3) is 11.0 Å². The minimum Gasteiger partial charge on any atom is -0.486 e. The zero-order chi connectivity index (χ0) is 29.4. The van der Waals surface area contributed by atoms with E-state index in [2.05, 4.69) is 19.7 Å². The molecule has 4 aromatic rings. The molecule has 0 radical (unpaired) electrons. The standard InChI is InChI=1S/C29H30N6O6/c1-4-40-26(36)14-16-35(24-7-5-6-15-31-24)28(37)20-10-13-23-22(17-20)32-25(34(23)2)18-41-21-11-8-19(9-12-21)27(30)33-29(38)39-3/h5-13,15,17H,4,14,16,18H2,1-3H3,(H2,30,33,38). The number of methoxy groups -OCH3 is 1. The van der Waals surface area contributed by atoms with Crippen LogP contribution in [0.2, 0.25) is 0 Å². The van der Waals surface area contributed by atoms with Crippen LogP contribution in [0, 0.1) is 0 Å². The van der Waals surface area contributed by atoms with Crippen molar-refractivity contribution in [1.29, 1.82) is 0 Å². The fourth-order valence-corrected chi connectivity index (χ4v) is 4.02. The summed E-state index contributed by atoms with van der Waals surface area (Å²) in [4.78, 5) is 50.9. The molecule has 2 N–H and O–H groups in total. The fraction of sp³-hybridized carbons (Fsp3) is 0.241. The molecule has 0 aliphatic rings. The van der Waals surface area contributed by atoms with Crippen molar-refractivity contribution in [3.05, 3.63) is 83.8 Å². The van der Waals surface area contributed by atoms with E-state index in [4.69, 9.17) is 15.2 Å². The number of hydrogen-bond donors (Lipinski definition) is 1. The number of aryl methyl sites for hydroxylation is 1. The van der Waals surface area contributed by atoms with Crippen LogP contribution in [0.4, 0.5) is 10.6 Å². The molecule has 2 heterocycles. The topological polar surface area (TPSA) is 151 Å². The number of benzene rings is 2. The number of nitrogens with zero attached hydrogens (tertiary/aromatic N) is 5. The normalized spacial score (nSPS) is 11.2. The lowest BCUT2D eigenvalue weighted by molar-refractivity contribution is -0.142. The van der Waals surface area contributed by atoms with Crippen LogP contribution in [0.1, 0.15) is 35.1 Å². The minimum atomic E-state index is -0.782. The Morgan fingerprint density at radius 3 is 2.49 bits per heavy atom. The average molecular weight is 559 g/mol. The Labute approximate surface area is 236 Å². The van der Waals surface area contributed by atoms with E-state index in [1.807, 2.05) is 17.7 Å². The molecular formula is C29H30N6O6. The third kappa shape index (κ3) is 7.04. The smallest absolute Gasteiger partial charge is 0.435 e. The van der Waals surface area contributed by atoms with Gasteiger partial charge in [0.15, 0.2) is 0 Å². The third-order valence-corrected chi connectivity index (χ3v) is 6.14. The average Bonchev–Trinajstić information content (AvgIpc) is 3.31. The van der Waals surface area contributed by atoms with E-state index in [0.717, 1.165) is 5.52 Å². The lowest BCUT2D eigenvalue weighted by Crippen LogP contribution is -2.34. The number of nitrogens with two attached hydrogens (primary N) is 1. The lowest BCUT2D eigenvalue weighted by atomic mass is 10.1. The summed E-state index contributed by atoms with van der Waals surface area (Å²) in [6.07, 6.45) is 0.845. The van der Waals surface area contributed by atoms with Crippen LogP contribution in [0.5, 0.6) is 5.75 Å². The van der Waals surface area contributed by atoms with Gasteiger partial charge < -0.3 is 24.5 Å². The first-order chi connectivity index (χ1) is 19.8. The highest BCUT2D eigenvalue weighted by Crippen LogP contribution is 2.22. The number of aliphatic imine (C=N–C) groups is 1. The van der Waals surface area contributed by atoms with Crippen LogP contribution in [0.15, 0.2) is 71.9 Å². The molecule has 0 fully saturated rings. The van der Waals surface area contributed by atoms with Crippen molar-refractivity contribution in [2.75, 3.05) is 25.2 Å². The highest BCUT2D eigenvalue weighted by Gasteiger charge is 2.21. The Balaban J connectivity index is 1.50. The summed E-state index contributed by atoms with van der Waals surface area (Å²) in [5, 5.41) is 0. The van der Waals surface area contributed by atoms with Gasteiger partial charge in [-0.2, -0.15) is 4.99 Å². The number of ether oxygens (including phenoxy) is 3. The molecule has 0 aliphatic heterocycles. The highest BCUT2D eigenvalue weighted by atomic mass is 16.5. The number of aromatic nitrogens is 3. The first kappa shape index (κ1) is 28.7. The number of hydrogen-bond acceptors (Lipinski definition) is 8. The molecule has 2 amide bonds. The number of rotatable bonds is 10. The summed E-state index contributed by atoms with van der Waals surface area (Å²) in [7, 11) is 3.09. The predicted octanol–water partition coefficient (Wildman–Crippen LogP) is 3.62. The van der Waals surface area contributed by atoms with Gasteiger partial charge in [0, 0.05) is 30.9 Å². The van der Waals surface area contributed by atoms with Gasteiger partial charge >= 0.3 is 12.1 Å². The molecule has 0 unspecified atom stereocenters. The number of pyridine rings is 1. The van der Waals surface area contributed by atoms with Gasteiger partial charge in [-0.3, -0.25) is 14.5 Å². The van der Waals surface area contributed by atoms with Gasteiger partial charge in [-0.25, -0.2) is 14.8 Å². The molecule has 12 heteroatoms. The van der Waals surface area contributed by atoms with Crippen molar-refractivity contribution in [2.45, 2.75) is 20.0 Å². The number of esters is 1. The second kappa shape index (κ2) is 13.2. The predicted molar refractivity (Wildman–Crippen MR) is 152 cm³/mol. The second-order valence-electron chi connectivity index (χ2n) is 8.77. The maximum Gasteiger partial charge on any atom is 0.435 e. The van der Waals surface area contributed by atoms with E-state index in [9.17, 15) is 14.4 Å². The maximum atomic E-state index is 13.5. The molecule has 0 bridgehead atoms. The minimum absolute atomic E-state index is 0.0339. The van der Waals surface area contributed by atoms with Gasteiger partial charge in [0.05, 0.1) is 31.2 Å². The number of carbonyl (C=O) groups excluding carboxylic acids is 3. The zero-order valence-electron chi connectivity index (χ0n) is 22.9. The van der Waals surface area contributed by atoms with E-state index in [0.29, 0.717) is 34.0 Å². The van der Waals surface area contributed by atoms with Crippen LogP contribution in [-0.2, 0) is 27.9 Å². The molecule has 4 rings (SSSR count).